The van der Waals surface area contributed by atoms with Crippen LogP contribution in [0.1, 0.15) is 63.0 Å². The summed E-state index contributed by atoms with van der Waals surface area (Å²) in [7, 11) is 0. The van der Waals surface area contributed by atoms with Crippen LogP contribution < -0.4 is 5.32 Å². The van der Waals surface area contributed by atoms with E-state index in [0.29, 0.717) is 12.1 Å². The Kier molecular flexibility index (Phi) is 5.56. The third-order valence-electron chi connectivity index (χ3n) is 4.47. The Morgan fingerprint density at radius 3 is 2.70 bits per heavy atom. The third kappa shape index (κ3) is 3.22. The lowest BCUT2D eigenvalue weighted by Gasteiger charge is -2.25. The van der Waals surface area contributed by atoms with Gasteiger partial charge < -0.3 is 5.32 Å². The molecule has 2 rings (SSSR count). The van der Waals surface area contributed by atoms with Crippen LogP contribution in [0.4, 0.5) is 0 Å². The zero-order valence-corrected chi connectivity index (χ0v) is 14.4. The van der Waals surface area contributed by atoms with Crippen molar-refractivity contribution < 1.29 is 0 Å². The Morgan fingerprint density at radius 1 is 1.35 bits per heavy atom. The predicted octanol–water partition coefficient (Wildman–Crippen LogP) is 3.84. The van der Waals surface area contributed by atoms with Gasteiger partial charge in [-0.3, -0.25) is 4.68 Å². The zero-order chi connectivity index (χ0) is 14.7. The summed E-state index contributed by atoms with van der Waals surface area (Å²) in [5, 5.41) is 9.32. The molecule has 0 spiro atoms. The SMILES string of the molecule is CCSC1CCCC1NC(C)c1c(C)nn(CC)c1C. The summed E-state index contributed by atoms with van der Waals surface area (Å²) in [5.74, 6) is 1.23. The van der Waals surface area contributed by atoms with E-state index in [0.717, 1.165) is 11.8 Å². The Bertz CT molecular complexity index is 441. The van der Waals surface area contributed by atoms with Gasteiger partial charge in [-0.05, 0) is 46.3 Å². The highest BCUT2D eigenvalue weighted by molar-refractivity contribution is 7.99. The van der Waals surface area contributed by atoms with Gasteiger partial charge in [0.05, 0.1) is 5.69 Å². The van der Waals surface area contributed by atoms with Gasteiger partial charge in [0.2, 0.25) is 0 Å². The van der Waals surface area contributed by atoms with Crippen molar-refractivity contribution in [2.24, 2.45) is 0 Å². The van der Waals surface area contributed by atoms with Gasteiger partial charge in [-0.15, -0.1) is 0 Å². The smallest absolute Gasteiger partial charge is 0.0644 e. The highest BCUT2D eigenvalue weighted by Gasteiger charge is 2.29. The minimum atomic E-state index is 0.401. The molecule has 1 N–H and O–H groups in total. The molecule has 1 aromatic heterocycles. The molecule has 0 bridgehead atoms. The largest absolute Gasteiger partial charge is 0.306 e. The second-order valence-corrected chi connectivity index (χ2v) is 7.34. The normalized spacial score (nSPS) is 24.2. The van der Waals surface area contributed by atoms with E-state index in [4.69, 9.17) is 0 Å². The highest BCUT2D eigenvalue weighted by atomic mass is 32.2. The number of thioether (sulfide) groups is 1. The Morgan fingerprint density at radius 2 is 2.10 bits per heavy atom. The average molecular weight is 295 g/mol. The number of nitrogens with one attached hydrogen (secondary N) is 1. The lowest BCUT2D eigenvalue weighted by atomic mass is 10.0. The first-order valence-corrected chi connectivity index (χ1v) is 9.04. The molecule has 0 radical (unpaired) electrons. The molecule has 1 fully saturated rings. The van der Waals surface area contributed by atoms with E-state index in [1.54, 1.807) is 0 Å². The number of nitrogens with zero attached hydrogens (tertiary/aromatic N) is 2. The molecule has 3 nitrogen and oxygen atoms in total. The van der Waals surface area contributed by atoms with E-state index in [-0.39, 0.29) is 0 Å². The van der Waals surface area contributed by atoms with E-state index in [9.17, 15) is 0 Å². The molecule has 4 heteroatoms. The number of rotatable bonds is 6. The van der Waals surface area contributed by atoms with Crippen molar-refractivity contribution in [3.05, 3.63) is 17.0 Å². The highest BCUT2D eigenvalue weighted by Crippen LogP contribution is 2.32. The van der Waals surface area contributed by atoms with Gasteiger partial charge in [-0.1, -0.05) is 13.3 Å². The second kappa shape index (κ2) is 6.99. The summed E-state index contributed by atoms with van der Waals surface area (Å²) in [6.45, 7) is 12.0. The molecule has 0 saturated heterocycles. The topological polar surface area (TPSA) is 29.9 Å². The maximum absolute atomic E-state index is 4.65. The molecule has 0 amide bonds. The van der Waals surface area contributed by atoms with E-state index in [2.05, 4.69) is 61.5 Å². The van der Waals surface area contributed by atoms with Crippen molar-refractivity contribution in [2.75, 3.05) is 5.75 Å². The van der Waals surface area contributed by atoms with Crippen molar-refractivity contribution in [1.29, 1.82) is 0 Å². The average Bonchev–Trinajstić information content (AvgIpc) is 2.95. The molecule has 0 aromatic carbocycles. The number of hydrogen-bond donors (Lipinski definition) is 1. The molecular formula is C16H29N3S. The van der Waals surface area contributed by atoms with Gasteiger partial charge in [0.15, 0.2) is 0 Å². The van der Waals surface area contributed by atoms with Gasteiger partial charge in [0.25, 0.3) is 0 Å². The van der Waals surface area contributed by atoms with E-state index < -0.39 is 0 Å². The molecule has 1 saturated carbocycles. The van der Waals surface area contributed by atoms with E-state index in [1.165, 1.54) is 42.0 Å². The lowest BCUT2D eigenvalue weighted by molar-refractivity contribution is 0.464. The quantitative estimate of drug-likeness (QED) is 0.864. The Balaban J connectivity index is 2.08. The van der Waals surface area contributed by atoms with Gasteiger partial charge in [0, 0.05) is 35.1 Å². The van der Waals surface area contributed by atoms with Crippen molar-refractivity contribution in [2.45, 2.75) is 77.8 Å². The summed E-state index contributed by atoms with van der Waals surface area (Å²) < 4.78 is 2.12. The molecule has 20 heavy (non-hydrogen) atoms. The summed E-state index contributed by atoms with van der Waals surface area (Å²) in [5.41, 5.74) is 3.91. The van der Waals surface area contributed by atoms with Gasteiger partial charge >= 0.3 is 0 Å². The number of aryl methyl sites for hydroxylation is 2. The summed E-state index contributed by atoms with van der Waals surface area (Å²) >= 11 is 2.12. The molecule has 1 aliphatic carbocycles. The minimum absolute atomic E-state index is 0.401. The zero-order valence-electron chi connectivity index (χ0n) is 13.6. The fourth-order valence-corrected chi connectivity index (χ4v) is 4.79. The van der Waals surface area contributed by atoms with Gasteiger partial charge in [-0.2, -0.15) is 16.9 Å². The van der Waals surface area contributed by atoms with Crippen LogP contribution in [-0.4, -0.2) is 26.8 Å². The summed E-state index contributed by atoms with van der Waals surface area (Å²) in [4.78, 5) is 0. The maximum Gasteiger partial charge on any atom is 0.0644 e. The molecule has 114 valence electrons. The first kappa shape index (κ1) is 15.9. The molecule has 0 aliphatic heterocycles. The van der Waals surface area contributed by atoms with Gasteiger partial charge in [0.1, 0.15) is 0 Å². The number of hydrogen-bond acceptors (Lipinski definition) is 3. The molecule has 3 atom stereocenters. The van der Waals surface area contributed by atoms with Crippen molar-refractivity contribution in [3.8, 4) is 0 Å². The predicted molar refractivity (Wildman–Crippen MR) is 88.5 cm³/mol. The van der Waals surface area contributed by atoms with Crippen LogP contribution in [0, 0.1) is 13.8 Å². The van der Waals surface area contributed by atoms with Crippen molar-refractivity contribution in [3.63, 3.8) is 0 Å². The van der Waals surface area contributed by atoms with E-state index in [1.807, 2.05) is 0 Å². The van der Waals surface area contributed by atoms with Crippen LogP contribution in [0.3, 0.4) is 0 Å². The standard InChI is InChI=1S/C16H29N3S/c1-6-19-13(5)16(12(4)18-19)11(3)17-14-9-8-10-15(14)20-7-2/h11,14-15,17H,6-10H2,1-5H3. The Hall–Kier alpha value is -0.480. The Labute approximate surface area is 127 Å². The fraction of sp³-hybridized carbons (Fsp3) is 0.812. The molecule has 1 aromatic rings. The van der Waals surface area contributed by atoms with Crippen LogP contribution in [0.25, 0.3) is 0 Å². The summed E-state index contributed by atoms with van der Waals surface area (Å²) in [6, 6.07) is 1.07. The van der Waals surface area contributed by atoms with Crippen molar-refractivity contribution >= 4 is 11.8 Å². The van der Waals surface area contributed by atoms with Crippen LogP contribution in [0.5, 0.6) is 0 Å². The maximum atomic E-state index is 4.65. The fourth-order valence-electron chi connectivity index (χ4n) is 3.58. The van der Waals surface area contributed by atoms with Crippen LogP contribution in [-0.2, 0) is 6.54 Å². The lowest BCUT2D eigenvalue weighted by Crippen LogP contribution is -2.36. The summed E-state index contributed by atoms with van der Waals surface area (Å²) in [6.07, 6.45) is 4.06. The molecule has 1 aliphatic rings. The first-order chi connectivity index (χ1) is 9.58. The molecule has 1 heterocycles. The third-order valence-corrected chi connectivity index (χ3v) is 5.79. The monoisotopic (exact) mass is 295 g/mol. The van der Waals surface area contributed by atoms with Crippen molar-refractivity contribution in [1.82, 2.24) is 15.1 Å². The number of aromatic nitrogens is 2. The molecular weight excluding hydrogens is 266 g/mol. The van der Waals surface area contributed by atoms with Crippen LogP contribution >= 0.6 is 11.8 Å². The van der Waals surface area contributed by atoms with E-state index >= 15 is 0 Å². The van der Waals surface area contributed by atoms with Crippen LogP contribution in [0.15, 0.2) is 0 Å². The first-order valence-electron chi connectivity index (χ1n) is 8.00. The van der Waals surface area contributed by atoms with Gasteiger partial charge in [-0.25, -0.2) is 0 Å². The molecule has 3 unspecified atom stereocenters. The minimum Gasteiger partial charge on any atom is -0.306 e. The second-order valence-electron chi connectivity index (χ2n) is 5.82. The van der Waals surface area contributed by atoms with Crippen LogP contribution in [0.2, 0.25) is 0 Å².